The molecule has 2 N–H and O–H groups in total. The van der Waals surface area contributed by atoms with E-state index >= 15 is 0 Å². The van der Waals surface area contributed by atoms with Gasteiger partial charge < -0.3 is 20.1 Å². The van der Waals surface area contributed by atoms with Gasteiger partial charge in [-0.1, -0.05) is 35.2 Å². The van der Waals surface area contributed by atoms with E-state index in [2.05, 4.69) is 26.6 Å². The van der Waals surface area contributed by atoms with Gasteiger partial charge in [-0.15, -0.1) is 0 Å². The van der Waals surface area contributed by atoms with Gasteiger partial charge in [0.2, 0.25) is 11.8 Å². The Kier molecular flexibility index (Phi) is 9.61. The molecule has 1 aromatic carbocycles. The van der Waals surface area contributed by atoms with Crippen molar-refractivity contribution in [1.29, 1.82) is 0 Å². The minimum absolute atomic E-state index is 0.0979. The van der Waals surface area contributed by atoms with E-state index in [1.807, 2.05) is 26.0 Å². The molecule has 156 valence electrons. The lowest BCUT2D eigenvalue weighted by Crippen LogP contribution is -2.38. The quantitative estimate of drug-likeness (QED) is 0.529. The van der Waals surface area contributed by atoms with E-state index in [1.54, 1.807) is 0 Å². The molecule has 1 aliphatic carbocycles. The van der Waals surface area contributed by atoms with Crippen molar-refractivity contribution in [3.05, 3.63) is 22.2 Å². The topological polar surface area (TPSA) is 76.7 Å². The summed E-state index contributed by atoms with van der Waals surface area (Å²) in [5, 5.41) is 5.79. The van der Waals surface area contributed by atoms with Crippen LogP contribution in [-0.2, 0) is 16.0 Å². The standard InChI is InChI=1S/C21H31BrN2O4/c1-3-27-18-12-16(17(22)14-19(18)28-4-2)13-20(25)23-10-11-24-21(26)15-8-6-5-7-9-15/h12,14-15H,3-11,13H2,1-2H3,(H,23,25)(H,24,26). The van der Waals surface area contributed by atoms with Crippen molar-refractivity contribution in [2.75, 3.05) is 26.3 Å². The maximum Gasteiger partial charge on any atom is 0.224 e. The van der Waals surface area contributed by atoms with Crippen LogP contribution >= 0.6 is 15.9 Å². The first-order valence-electron chi connectivity index (χ1n) is 10.2. The highest BCUT2D eigenvalue weighted by Crippen LogP contribution is 2.34. The molecule has 0 saturated heterocycles. The zero-order valence-corrected chi connectivity index (χ0v) is 18.4. The molecule has 0 heterocycles. The summed E-state index contributed by atoms with van der Waals surface area (Å²) in [5.74, 6) is 1.45. The van der Waals surface area contributed by atoms with Gasteiger partial charge in [0, 0.05) is 23.5 Å². The fourth-order valence-corrected chi connectivity index (χ4v) is 3.84. The number of halogens is 1. The Morgan fingerprint density at radius 1 is 1.00 bits per heavy atom. The lowest BCUT2D eigenvalue weighted by Gasteiger charge is -2.20. The molecule has 28 heavy (non-hydrogen) atoms. The number of nitrogens with one attached hydrogen (secondary N) is 2. The van der Waals surface area contributed by atoms with Crippen LogP contribution in [0.1, 0.15) is 51.5 Å². The summed E-state index contributed by atoms with van der Waals surface area (Å²) in [6.07, 6.45) is 5.68. The molecule has 6 nitrogen and oxygen atoms in total. The highest BCUT2D eigenvalue weighted by atomic mass is 79.9. The fourth-order valence-electron chi connectivity index (χ4n) is 3.38. The first-order valence-corrected chi connectivity index (χ1v) is 11.0. The third-order valence-corrected chi connectivity index (χ3v) is 5.52. The number of hydrogen-bond donors (Lipinski definition) is 2. The number of carbonyl (C=O) groups is 2. The Bertz CT molecular complexity index is 660. The third kappa shape index (κ3) is 7.00. The van der Waals surface area contributed by atoms with Crippen LogP contribution in [0.3, 0.4) is 0 Å². The second-order valence-electron chi connectivity index (χ2n) is 6.91. The van der Waals surface area contributed by atoms with Crippen LogP contribution in [0, 0.1) is 5.92 Å². The minimum Gasteiger partial charge on any atom is -0.490 e. The Balaban J connectivity index is 1.80. The molecule has 0 bridgehead atoms. The maximum absolute atomic E-state index is 12.3. The summed E-state index contributed by atoms with van der Waals surface area (Å²) in [6, 6.07) is 3.67. The second kappa shape index (κ2) is 11.9. The molecule has 2 rings (SSSR count). The molecule has 0 spiro atoms. The van der Waals surface area contributed by atoms with Gasteiger partial charge in [-0.2, -0.15) is 0 Å². The van der Waals surface area contributed by atoms with Gasteiger partial charge in [0.05, 0.1) is 19.6 Å². The highest BCUT2D eigenvalue weighted by Gasteiger charge is 2.20. The smallest absolute Gasteiger partial charge is 0.224 e. The Morgan fingerprint density at radius 3 is 2.25 bits per heavy atom. The van der Waals surface area contributed by atoms with Crippen LogP contribution in [0.15, 0.2) is 16.6 Å². The fraction of sp³-hybridized carbons (Fsp3) is 0.619. The minimum atomic E-state index is -0.0979. The molecule has 0 aromatic heterocycles. The molecule has 1 aliphatic rings. The summed E-state index contributed by atoms with van der Waals surface area (Å²) in [6.45, 7) is 5.76. The summed E-state index contributed by atoms with van der Waals surface area (Å²) in [7, 11) is 0. The molecule has 7 heteroatoms. The summed E-state index contributed by atoms with van der Waals surface area (Å²) >= 11 is 3.50. The third-order valence-electron chi connectivity index (χ3n) is 4.79. The molecule has 1 fully saturated rings. The molecule has 2 amide bonds. The normalized spacial score (nSPS) is 14.4. The highest BCUT2D eigenvalue weighted by molar-refractivity contribution is 9.10. The number of rotatable bonds is 10. The molecule has 0 aliphatic heterocycles. The summed E-state index contributed by atoms with van der Waals surface area (Å²) in [5.41, 5.74) is 0.829. The van der Waals surface area contributed by atoms with Crippen LogP contribution in [0.5, 0.6) is 11.5 Å². The van der Waals surface area contributed by atoms with E-state index in [4.69, 9.17) is 9.47 Å². The van der Waals surface area contributed by atoms with Crippen molar-refractivity contribution < 1.29 is 19.1 Å². The van der Waals surface area contributed by atoms with Crippen molar-refractivity contribution in [2.24, 2.45) is 5.92 Å². The number of hydrogen-bond acceptors (Lipinski definition) is 4. The van der Waals surface area contributed by atoms with Gasteiger partial charge in [-0.3, -0.25) is 9.59 Å². The Morgan fingerprint density at radius 2 is 1.61 bits per heavy atom. The van der Waals surface area contributed by atoms with E-state index in [1.165, 1.54) is 6.42 Å². The zero-order valence-electron chi connectivity index (χ0n) is 16.8. The second-order valence-corrected chi connectivity index (χ2v) is 7.76. The Hall–Kier alpha value is -1.76. The van der Waals surface area contributed by atoms with Crippen LogP contribution in [0.4, 0.5) is 0 Å². The van der Waals surface area contributed by atoms with Gasteiger partial charge in [0.25, 0.3) is 0 Å². The lowest BCUT2D eigenvalue weighted by molar-refractivity contribution is -0.126. The zero-order chi connectivity index (χ0) is 20.4. The van der Waals surface area contributed by atoms with Gasteiger partial charge in [-0.25, -0.2) is 0 Å². The predicted molar refractivity (Wildman–Crippen MR) is 113 cm³/mol. The predicted octanol–water partition coefficient (Wildman–Crippen LogP) is 3.60. The summed E-state index contributed by atoms with van der Waals surface area (Å²) < 4.78 is 12.0. The first-order chi connectivity index (χ1) is 13.5. The molecule has 0 unspecified atom stereocenters. The van der Waals surface area contributed by atoms with Crippen LogP contribution in [-0.4, -0.2) is 38.1 Å². The van der Waals surface area contributed by atoms with Crippen LogP contribution < -0.4 is 20.1 Å². The number of benzene rings is 1. The van der Waals surface area contributed by atoms with E-state index in [9.17, 15) is 9.59 Å². The van der Waals surface area contributed by atoms with E-state index in [-0.39, 0.29) is 24.2 Å². The number of amides is 2. The van der Waals surface area contributed by atoms with Gasteiger partial charge >= 0.3 is 0 Å². The molecule has 0 atom stereocenters. The van der Waals surface area contributed by atoms with Crippen LogP contribution in [0.2, 0.25) is 0 Å². The maximum atomic E-state index is 12.3. The first kappa shape index (κ1) is 22.5. The van der Waals surface area contributed by atoms with E-state index in [0.29, 0.717) is 37.8 Å². The van der Waals surface area contributed by atoms with Crippen LogP contribution in [0.25, 0.3) is 0 Å². The molecule has 0 radical (unpaired) electrons. The van der Waals surface area contributed by atoms with Gasteiger partial charge in [-0.05, 0) is 44.4 Å². The number of ether oxygens (including phenoxy) is 2. The average Bonchev–Trinajstić information content (AvgIpc) is 2.69. The van der Waals surface area contributed by atoms with Crippen molar-refractivity contribution in [2.45, 2.75) is 52.4 Å². The van der Waals surface area contributed by atoms with Crippen molar-refractivity contribution in [3.8, 4) is 11.5 Å². The van der Waals surface area contributed by atoms with Crippen molar-refractivity contribution >= 4 is 27.7 Å². The van der Waals surface area contributed by atoms with Crippen molar-refractivity contribution in [1.82, 2.24) is 10.6 Å². The monoisotopic (exact) mass is 454 g/mol. The summed E-state index contributed by atoms with van der Waals surface area (Å²) in [4.78, 5) is 24.4. The molecular formula is C21H31BrN2O4. The average molecular weight is 455 g/mol. The number of carbonyl (C=O) groups excluding carboxylic acids is 2. The van der Waals surface area contributed by atoms with E-state index in [0.717, 1.165) is 35.7 Å². The molecule has 1 aromatic rings. The molecular weight excluding hydrogens is 424 g/mol. The molecule has 1 saturated carbocycles. The van der Waals surface area contributed by atoms with Gasteiger partial charge in [0.15, 0.2) is 11.5 Å². The SMILES string of the molecule is CCOc1cc(Br)c(CC(=O)NCCNC(=O)C2CCCCC2)cc1OCC. The largest absolute Gasteiger partial charge is 0.490 e. The lowest BCUT2D eigenvalue weighted by atomic mass is 9.89. The van der Waals surface area contributed by atoms with E-state index < -0.39 is 0 Å². The van der Waals surface area contributed by atoms with Crippen molar-refractivity contribution in [3.63, 3.8) is 0 Å². The van der Waals surface area contributed by atoms with Gasteiger partial charge in [0.1, 0.15) is 0 Å². The Labute approximate surface area is 175 Å².